The normalized spacial score (nSPS) is 21.5. The summed E-state index contributed by atoms with van der Waals surface area (Å²) in [7, 11) is 1.69. The number of urea groups is 1. The lowest BCUT2D eigenvalue weighted by atomic mass is 9.97. The topological polar surface area (TPSA) is 82.1 Å². The zero-order valence-corrected chi connectivity index (χ0v) is 19.4. The number of fused-ring (bicyclic) bond motifs is 1. The minimum atomic E-state index is -0.460. The van der Waals surface area contributed by atoms with Crippen molar-refractivity contribution in [1.29, 1.82) is 0 Å². The van der Waals surface area contributed by atoms with Crippen LogP contribution in [-0.4, -0.2) is 59.2 Å². The quantitative estimate of drug-likeness (QED) is 0.670. The second-order valence-corrected chi connectivity index (χ2v) is 8.95. The highest BCUT2D eigenvalue weighted by molar-refractivity contribution is 6.46. The van der Waals surface area contributed by atoms with Crippen LogP contribution in [0.3, 0.4) is 0 Å². The summed E-state index contributed by atoms with van der Waals surface area (Å²) in [6.07, 6.45) is 5.23. The molecule has 34 heavy (non-hydrogen) atoms. The van der Waals surface area contributed by atoms with Crippen molar-refractivity contribution < 1.29 is 18.8 Å². The fraction of sp³-hybridized carbons (Fsp3) is 0.308. The summed E-state index contributed by atoms with van der Waals surface area (Å²) in [6.45, 7) is 4.17. The first-order chi connectivity index (χ1) is 16.2. The van der Waals surface area contributed by atoms with Crippen LogP contribution in [0.1, 0.15) is 36.1 Å². The molecule has 0 aromatic heterocycles. The maximum absolute atomic E-state index is 14.1. The Hall–Kier alpha value is -3.81. The number of carbonyl (C=O) groups is 3. The first kappa shape index (κ1) is 23.4. The Kier molecular flexibility index (Phi) is 6.32. The van der Waals surface area contributed by atoms with Gasteiger partial charge < -0.3 is 9.80 Å². The van der Waals surface area contributed by atoms with Crippen molar-refractivity contribution >= 4 is 30.1 Å². The molecule has 0 bridgehead atoms. The highest BCUT2D eigenvalue weighted by atomic mass is 19.1. The molecule has 0 radical (unpaired) electrons. The molecule has 4 rings (SSSR count). The van der Waals surface area contributed by atoms with Crippen LogP contribution in [0.4, 0.5) is 9.18 Å². The van der Waals surface area contributed by atoms with Gasteiger partial charge in [0.2, 0.25) is 6.41 Å². The molecule has 176 valence electrons. The van der Waals surface area contributed by atoms with Crippen molar-refractivity contribution in [2.75, 3.05) is 13.6 Å². The van der Waals surface area contributed by atoms with Gasteiger partial charge in [0.25, 0.3) is 5.91 Å². The van der Waals surface area contributed by atoms with Crippen LogP contribution in [0.25, 0.3) is 6.08 Å². The van der Waals surface area contributed by atoms with Crippen LogP contribution in [0.15, 0.2) is 53.5 Å². The summed E-state index contributed by atoms with van der Waals surface area (Å²) in [5.74, 6) is -0.748. The van der Waals surface area contributed by atoms with Gasteiger partial charge in [-0.15, -0.1) is 0 Å². The summed E-state index contributed by atoms with van der Waals surface area (Å²) < 4.78 is 14.1. The number of benzene rings is 2. The van der Waals surface area contributed by atoms with E-state index in [0.717, 1.165) is 16.7 Å². The number of nitrogens with zero attached hydrogens (tertiary/aromatic N) is 3. The summed E-state index contributed by atoms with van der Waals surface area (Å²) >= 11 is 0. The Morgan fingerprint density at radius 1 is 1.26 bits per heavy atom. The van der Waals surface area contributed by atoms with Crippen molar-refractivity contribution in [2.24, 2.45) is 4.99 Å². The predicted octanol–water partition coefficient (Wildman–Crippen LogP) is 3.17. The number of rotatable bonds is 6. The van der Waals surface area contributed by atoms with Gasteiger partial charge in [-0.25, -0.2) is 9.18 Å². The second kappa shape index (κ2) is 9.21. The minimum Gasteiger partial charge on any atom is -0.321 e. The van der Waals surface area contributed by atoms with Gasteiger partial charge in [0.15, 0.2) is 0 Å². The third kappa shape index (κ3) is 4.35. The van der Waals surface area contributed by atoms with E-state index in [2.05, 4.69) is 22.4 Å². The third-order valence-corrected chi connectivity index (χ3v) is 6.64. The van der Waals surface area contributed by atoms with Gasteiger partial charge in [0.05, 0.1) is 0 Å². The lowest BCUT2D eigenvalue weighted by Crippen LogP contribution is -2.51. The molecule has 0 saturated heterocycles. The van der Waals surface area contributed by atoms with Crippen molar-refractivity contribution in [3.05, 3.63) is 76.6 Å². The fourth-order valence-corrected chi connectivity index (χ4v) is 4.59. The van der Waals surface area contributed by atoms with E-state index in [1.807, 2.05) is 32.1 Å². The highest BCUT2D eigenvalue weighted by Gasteiger charge is 2.38. The van der Waals surface area contributed by atoms with E-state index in [4.69, 9.17) is 0 Å². The SMILES string of the molecule is C[C@H]1N=C(c2ccccc2F)C(=O)N1C/C=C/c1ccc2c(c1)C[C@@](C)(N(C)C(=O)NC=O)C2. The van der Waals surface area contributed by atoms with E-state index in [0.29, 0.717) is 25.8 Å². The molecule has 8 heteroatoms. The largest absolute Gasteiger partial charge is 0.324 e. The fourth-order valence-electron chi connectivity index (χ4n) is 4.59. The molecule has 1 aliphatic carbocycles. The lowest BCUT2D eigenvalue weighted by molar-refractivity contribution is -0.123. The van der Waals surface area contributed by atoms with Crippen LogP contribution in [0, 0.1) is 5.82 Å². The molecule has 4 amide bonds. The molecule has 2 aromatic rings. The van der Waals surface area contributed by atoms with Crippen molar-refractivity contribution in [3.63, 3.8) is 0 Å². The number of imide groups is 1. The van der Waals surface area contributed by atoms with Crippen LogP contribution < -0.4 is 5.32 Å². The number of aliphatic imine (C=N–C) groups is 1. The van der Waals surface area contributed by atoms with Gasteiger partial charge in [-0.1, -0.05) is 42.5 Å². The van der Waals surface area contributed by atoms with Crippen molar-refractivity contribution in [2.45, 2.75) is 38.4 Å². The van der Waals surface area contributed by atoms with Gasteiger partial charge in [0, 0.05) is 24.7 Å². The number of halogens is 1. The average Bonchev–Trinajstić information content (AvgIpc) is 3.30. The van der Waals surface area contributed by atoms with E-state index < -0.39 is 17.4 Å². The molecule has 2 aromatic carbocycles. The van der Waals surface area contributed by atoms with Crippen LogP contribution in [0.5, 0.6) is 0 Å². The molecular weight excluding hydrogens is 435 g/mol. The number of hydrogen-bond acceptors (Lipinski definition) is 4. The molecule has 1 heterocycles. The Labute approximate surface area is 198 Å². The van der Waals surface area contributed by atoms with E-state index in [1.165, 1.54) is 6.07 Å². The number of hydrogen-bond donors (Lipinski definition) is 1. The standard InChI is InChI=1S/C26H27FN4O3/c1-17-29-23(21-8-4-5-9-22(21)27)24(33)31(17)12-6-7-18-10-11-19-14-26(2,15-20(19)13-18)30(3)25(34)28-16-32/h4-11,13,16-17H,12,14-15H2,1-3H3,(H,28,32,34)/b7-6+/t17-,26-/m0/s1. The maximum Gasteiger partial charge on any atom is 0.324 e. The van der Waals surface area contributed by atoms with E-state index in [-0.39, 0.29) is 23.3 Å². The van der Waals surface area contributed by atoms with E-state index >= 15 is 0 Å². The zero-order valence-electron chi connectivity index (χ0n) is 19.4. The number of nitrogens with one attached hydrogen (secondary N) is 1. The molecule has 2 aliphatic rings. The maximum atomic E-state index is 14.1. The number of likely N-dealkylation sites (N-methyl/N-ethyl adjacent to an activating group) is 1. The van der Waals surface area contributed by atoms with E-state index in [9.17, 15) is 18.8 Å². The smallest absolute Gasteiger partial charge is 0.321 e. The van der Waals surface area contributed by atoms with Crippen molar-refractivity contribution in [3.8, 4) is 0 Å². The van der Waals surface area contributed by atoms with Gasteiger partial charge in [0.1, 0.15) is 17.7 Å². The van der Waals surface area contributed by atoms with Crippen LogP contribution in [-0.2, 0) is 22.4 Å². The van der Waals surface area contributed by atoms with Gasteiger partial charge >= 0.3 is 6.03 Å². The minimum absolute atomic E-state index is 0.151. The second-order valence-electron chi connectivity index (χ2n) is 8.95. The summed E-state index contributed by atoms with van der Waals surface area (Å²) in [6, 6.07) is 11.9. The summed E-state index contributed by atoms with van der Waals surface area (Å²) in [4.78, 5) is 43.1. The third-order valence-electron chi connectivity index (χ3n) is 6.64. The van der Waals surface area contributed by atoms with Gasteiger partial charge in [-0.2, -0.15) is 0 Å². The number of carbonyl (C=O) groups excluding carboxylic acids is 3. The molecule has 1 N–H and O–H groups in total. The Morgan fingerprint density at radius 2 is 2.00 bits per heavy atom. The molecule has 7 nitrogen and oxygen atoms in total. The van der Waals surface area contributed by atoms with E-state index in [1.54, 1.807) is 35.0 Å². The first-order valence-electron chi connectivity index (χ1n) is 11.1. The monoisotopic (exact) mass is 462 g/mol. The molecule has 1 aliphatic heterocycles. The molecular formula is C26H27FN4O3. The zero-order chi connectivity index (χ0) is 24.5. The average molecular weight is 463 g/mol. The van der Waals surface area contributed by atoms with Crippen LogP contribution in [0.2, 0.25) is 0 Å². The van der Waals surface area contributed by atoms with Gasteiger partial charge in [-0.3, -0.25) is 19.9 Å². The van der Waals surface area contributed by atoms with Crippen LogP contribution >= 0.6 is 0 Å². The first-order valence-corrected chi connectivity index (χ1v) is 11.1. The molecule has 0 saturated carbocycles. The number of amides is 4. The summed E-state index contributed by atoms with van der Waals surface area (Å²) in [5.41, 5.74) is 3.24. The van der Waals surface area contributed by atoms with Crippen molar-refractivity contribution in [1.82, 2.24) is 15.1 Å². The molecule has 0 unspecified atom stereocenters. The summed E-state index contributed by atoms with van der Waals surface area (Å²) in [5, 5.41) is 2.20. The Morgan fingerprint density at radius 3 is 2.74 bits per heavy atom. The Balaban J connectivity index is 1.42. The molecule has 0 fully saturated rings. The Bertz CT molecular complexity index is 1210. The molecule has 2 atom stereocenters. The van der Waals surface area contributed by atoms with Gasteiger partial charge in [-0.05, 0) is 55.5 Å². The highest BCUT2D eigenvalue weighted by Crippen LogP contribution is 2.34. The predicted molar refractivity (Wildman–Crippen MR) is 128 cm³/mol. The lowest BCUT2D eigenvalue weighted by Gasteiger charge is -2.34. The molecule has 0 spiro atoms.